The third-order valence-electron chi connectivity index (χ3n) is 6.12. The molecule has 158 valence electrons. The second-order valence-electron chi connectivity index (χ2n) is 7.60. The topological polar surface area (TPSA) is 89.9 Å². The summed E-state index contributed by atoms with van der Waals surface area (Å²) in [6.07, 6.45) is -0.855. The van der Waals surface area contributed by atoms with E-state index in [-0.39, 0.29) is 10.8 Å². The van der Waals surface area contributed by atoms with Crippen LogP contribution in [0.25, 0.3) is 0 Å². The van der Waals surface area contributed by atoms with Crippen molar-refractivity contribution in [2.24, 2.45) is 5.92 Å². The zero-order chi connectivity index (χ0) is 21.3. The van der Waals surface area contributed by atoms with Gasteiger partial charge in [0.2, 0.25) is 5.91 Å². The summed E-state index contributed by atoms with van der Waals surface area (Å²) in [4.78, 5) is 25.0. The van der Waals surface area contributed by atoms with Gasteiger partial charge in [0.1, 0.15) is 23.4 Å². The fourth-order valence-electron chi connectivity index (χ4n) is 3.98. The number of fused-ring (bicyclic) bond motifs is 1. The van der Waals surface area contributed by atoms with E-state index in [4.69, 9.17) is 4.74 Å². The third kappa shape index (κ3) is 3.89. The molecular weight excluding hydrogens is 392 g/mol. The highest BCUT2D eigenvalue weighted by Crippen LogP contribution is 2.50. The summed E-state index contributed by atoms with van der Waals surface area (Å²) in [5.41, 5.74) is 0.925. The molecule has 1 aromatic rings. The second-order valence-corrected chi connectivity index (χ2v) is 8.69. The van der Waals surface area contributed by atoms with E-state index < -0.39 is 29.3 Å². The van der Waals surface area contributed by atoms with E-state index in [1.165, 1.54) is 12.5 Å². The first-order valence-electron chi connectivity index (χ1n) is 10.0. The van der Waals surface area contributed by atoms with Gasteiger partial charge < -0.3 is 24.2 Å². The number of thioether (sulfide) groups is 1. The first kappa shape index (κ1) is 21.7. The van der Waals surface area contributed by atoms with Crippen molar-refractivity contribution in [2.45, 2.75) is 45.7 Å². The molecule has 0 aromatic heterocycles. The number of quaternary nitrogens is 1. The smallest absolute Gasteiger partial charge is 0.236 e. The molecule has 1 saturated heterocycles. The number of aliphatic carboxylic acids is 1. The van der Waals surface area contributed by atoms with Crippen molar-refractivity contribution >= 4 is 23.6 Å². The molecule has 2 heterocycles. The molecule has 3 rings (SSSR count). The van der Waals surface area contributed by atoms with E-state index in [2.05, 4.69) is 20.8 Å². The van der Waals surface area contributed by atoms with Crippen LogP contribution in [0.1, 0.15) is 33.3 Å². The summed E-state index contributed by atoms with van der Waals surface area (Å²) in [5, 5.41) is 21.0. The maximum atomic E-state index is 12.2. The van der Waals surface area contributed by atoms with E-state index in [1.807, 2.05) is 24.3 Å². The van der Waals surface area contributed by atoms with Gasteiger partial charge >= 0.3 is 0 Å². The minimum Gasteiger partial charge on any atom is -0.543 e. The standard InChI is InChI=1S/C21H28N2O5S/c1-5-23(6-2,7-3)12-14-8-10-15(11-9-14)28-21-17(20(26)27)22-18(25)16(13(4)24)19(22)29-21/h8-11,13,16,19,24H,5-7,12H2,1-4H3/t13-,16+,19-/m1/s1. The Kier molecular flexibility index (Phi) is 6.26. The van der Waals surface area contributed by atoms with Crippen LogP contribution >= 0.6 is 11.8 Å². The van der Waals surface area contributed by atoms with Crippen molar-refractivity contribution in [2.75, 3.05) is 19.6 Å². The fourth-order valence-corrected chi connectivity index (χ4v) is 5.44. The first-order chi connectivity index (χ1) is 13.8. The number of carbonyl (C=O) groups is 2. The highest BCUT2D eigenvalue weighted by Gasteiger charge is 2.57. The van der Waals surface area contributed by atoms with Gasteiger partial charge in [0, 0.05) is 5.56 Å². The fraction of sp³-hybridized carbons (Fsp3) is 0.524. The van der Waals surface area contributed by atoms with E-state index in [9.17, 15) is 19.8 Å². The van der Waals surface area contributed by atoms with Crippen LogP contribution in [0.15, 0.2) is 35.1 Å². The Bertz CT molecular complexity index is 809. The molecule has 29 heavy (non-hydrogen) atoms. The number of ether oxygens (including phenoxy) is 1. The zero-order valence-electron chi connectivity index (χ0n) is 17.3. The Labute approximate surface area is 175 Å². The maximum absolute atomic E-state index is 12.2. The maximum Gasteiger partial charge on any atom is 0.236 e. The predicted molar refractivity (Wildman–Crippen MR) is 108 cm³/mol. The molecule has 1 fully saturated rings. The van der Waals surface area contributed by atoms with Crippen molar-refractivity contribution in [1.29, 1.82) is 0 Å². The van der Waals surface area contributed by atoms with Gasteiger partial charge in [0.25, 0.3) is 0 Å². The predicted octanol–water partition coefficient (Wildman–Crippen LogP) is 1.27. The summed E-state index contributed by atoms with van der Waals surface area (Å²) in [5.74, 6) is -2.01. The van der Waals surface area contributed by atoms with Crippen molar-refractivity contribution in [1.82, 2.24) is 4.90 Å². The van der Waals surface area contributed by atoms with E-state index in [1.54, 1.807) is 0 Å². The van der Waals surface area contributed by atoms with Crippen LogP contribution in [0.2, 0.25) is 0 Å². The Morgan fingerprint density at radius 3 is 2.31 bits per heavy atom. The molecule has 7 nitrogen and oxygen atoms in total. The molecule has 0 spiro atoms. The van der Waals surface area contributed by atoms with E-state index in [0.717, 1.165) is 47.3 Å². The van der Waals surface area contributed by atoms with Gasteiger partial charge in [-0.05, 0) is 52.0 Å². The molecule has 2 aliphatic heterocycles. The van der Waals surface area contributed by atoms with Crippen LogP contribution in [0.4, 0.5) is 0 Å². The lowest BCUT2D eigenvalue weighted by molar-refractivity contribution is -0.936. The summed E-state index contributed by atoms with van der Waals surface area (Å²) < 4.78 is 6.81. The van der Waals surface area contributed by atoms with Crippen LogP contribution in [0.5, 0.6) is 5.75 Å². The molecule has 0 bridgehead atoms. The number of β-lactam (4-membered cyclic amide) rings is 1. The van der Waals surface area contributed by atoms with Gasteiger partial charge in [0.15, 0.2) is 5.09 Å². The molecule has 1 N–H and O–H groups in total. The van der Waals surface area contributed by atoms with Gasteiger partial charge in [-0.1, -0.05) is 11.8 Å². The minimum absolute atomic E-state index is 0.125. The van der Waals surface area contributed by atoms with Gasteiger partial charge in [-0.25, -0.2) is 0 Å². The van der Waals surface area contributed by atoms with Crippen molar-refractivity contribution in [3.05, 3.63) is 40.6 Å². The molecule has 0 saturated carbocycles. The second kappa shape index (κ2) is 8.38. The number of carbonyl (C=O) groups excluding carboxylic acids is 2. The van der Waals surface area contributed by atoms with Gasteiger partial charge in [-0.2, -0.15) is 0 Å². The van der Waals surface area contributed by atoms with Crippen LogP contribution in [-0.4, -0.2) is 57.5 Å². The number of carboxylic acid groups (broad SMARTS) is 1. The molecule has 0 unspecified atom stereocenters. The summed E-state index contributed by atoms with van der Waals surface area (Å²) in [6.45, 7) is 12.2. The van der Waals surface area contributed by atoms with Crippen molar-refractivity contribution in [3.63, 3.8) is 0 Å². The Hall–Kier alpha value is -2.03. The summed E-state index contributed by atoms with van der Waals surface area (Å²) in [6, 6.07) is 7.60. The molecule has 2 aliphatic rings. The number of carboxylic acids is 1. The Balaban J connectivity index is 1.76. The van der Waals surface area contributed by atoms with Crippen LogP contribution in [-0.2, 0) is 16.1 Å². The number of rotatable bonds is 9. The van der Waals surface area contributed by atoms with Crippen molar-refractivity contribution < 1.29 is 29.0 Å². The van der Waals surface area contributed by atoms with Crippen LogP contribution in [0.3, 0.4) is 0 Å². The van der Waals surface area contributed by atoms with Gasteiger partial charge in [-0.3, -0.25) is 9.69 Å². The number of amides is 1. The van der Waals surface area contributed by atoms with Gasteiger partial charge in [-0.15, -0.1) is 0 Å². The number of hydrogen-bond donors (Lipinski definition) is 1. The summed E-state index contributed by atoms with van der Waals surface area (Å²) >= 11 is 1.14. The SMILES string of the molecule is CC[N+](CC)(CC)Cc1ccc(OC2=C(C(=O)[O-])N3C(=O)[C@H]([C@@H](C)O)[C@H]3S2)cc1. The zero-order valence-corrected chi connectivity index (χ0v) is 18.1. The molecule has 1 amide bonds. The molecular formula is C21H28N2O5S. The Morgan fingerprint density at radius 1 is 1.24 bits per heavy atom. The lowest BCUT2D eigenvalue weighted by Crippen LogP contribution is -2.61. The number of benzene rings is 1. The Morgan fingerprint density at radius 2 is 1.83 bits per heavy atom. The third-order valence-corrected chi connectivity index (χ3v) is 7.36. The lowest BCUT2D eigenvalue weighted by Gasteiger charge is -2.44. The highest BCUT2D eigenvalue weighted by atomic mass is 32.2. The average molecular weight is 421 g/mol. The number of aliphatic hydroxyl groups excluding tert-OH is 1. The van der Waals surface area contributed by atoms with Gasteiger partial charge in [0.05, 0.1) is 37.6 Å². The highest BCUT2D eigenvalue weighted by molar-refractivity contribution is 8.03. The first-order valence-corrected chi connectivity index (χ1v) is 10.9. The molecule has 0 radical (unpaired) electrons. The van der Waals surface area contributed by atoms with Crippen LogP contribution in [0, 0.1) is 5.92 Å². The molecule has 1 aromatic carbocycles. The largest absolute Gasteiger partial charge is 0.543 e. The number of nitrogens with zero attached hydrogens (tertiary/aromatic N) is 2. The van der Waals surface area contributed by atoms with Crippen LogP contribution < -0.4 is 9.84 Å². The van der Waals surface area contributed by atoms with Crippen molar-refractivity contribution in [3.8, 4) is 5.75 Å². The van der Waals surface area contributed by atoms with E-state index in [0.29, 0.717) is 5.75 Å². The molecule has 0 aliphatic carbocycles. The molecule has 8 heteroatoms. The monoisotopic (exact) mass is 420 g/mol. The molecule has 3 atom stereocenters. The number of hydrogen-bond acceptors (Lipinski definition) is 6. The minimum atomic E-state index is -1.46. The lowest BCUT2D eigenvalue weighted by atomic mass is 9.92. The number of aliphatic hydroxyl groups is 1. The quantitative estimate of drug-likeness (QED) is 0.478. The normalized spacial score (nSPS) is 22.4. The average Bonchev–Trinajstić information content (AvgIpc) is 3.01. The van der Waals surface area contributed by atoms with E-state index >= 15 is 0 Å². The summed E-state index contributed by atoms with van der Waals surface area (Å²) in [7, 11) is 0.